The second-order valence-electron chi connectivity index (χ2n) is 8.65. The average Bonchev–Trinajstić information content (AvgIpc) is 2.77. The van der Waals surface area contributed by atoms with Gasteiger partial charge in [0.1, 0.15) is 12.2 Å². The molecule has 1 saturated heterocycles. The number of hydrogen-bond donors (Lipinski definition) is 2. The lowest BCUT2D eigenvalue weighted by atomic mass is 10.1. The molecule has 2 amide bonds. The van der Waals surface area contributed by atoms with Crippen LogP contribution in [0.2, 0.25) is 0 Å². The molecule has 6 heteroatoms. The maximum atomic E-state index is 13.1. The van der Waals surface area contributed by atoms with Crippen LogP contribution in [-0.2, 0) is 16.1 Å². The van der Waals surface area contributed by atoms with Crippen molar-refractivity contribution in [2.75, 3.05) is 31.2 Å². The van der Waals surface area contributed by atoms with Gasteiger partial charge in [-0.3, -0.25) is 15.0 Å². The highest BCUT2D eigenvalue weighted by atomic mass is 16.2. The van der Waals surface area contributed by atoms with Crippen molar-refractivity contribution in [3.63, 3.8) is 0 Å². The number of amides is 2. The number of carbonyl (C=O) groups excluding carboxylic acids is 2. The number of aryl methyl sites for hydroxylation is 3. The van der Waals surface area contributed by atoms with Gasteiger partial charge >= 0.3 is 0 Å². The number of hydrogen-bond acceptors (Lipinski definition) is 3. The molecular formula is C25H31N4O2+. The van der Waals surface area contributed by atoms with Crippen LogP contribution in [0.4, 0.5) is 5.69 Å². The second kappa shape index (κ2) is 8.94. The van der Waals surface area contributed by atoms with Gasteiger partial charge in [0.25, 0.3) is 5.91 Å². The molecule has 2 aliphatic rings. The van der Waals surface area contributed by atoms with Crippen LogP contribution >= 0.6 is 0 Å². The van der Waals surface area contributed by atoms with Crippen molar-refractivity contribution in [1.82, 2.24) is 10.3 Å². The highest BCUT2D eigenvalue weighted by Crippen LogP contribution is 2.19. The summed E-state index contributed by atoms with van der Waals surface area (Å²) in [5, 5.41) is 1.48. The summed E-state index contributed by atoms with van der Waals surface area (Å²) >= 11 is 0. The molecule has 1 fully saturated rings. The number of rotatable bonds is 4. The van der Waals surface area contributed by atoms with Crippen molar-refractivity contribution in [2.45, 2.75) is 33.7 Å². The van der Waals surface area contributed by atoms with Crippen molar-refractivity contribution in [1.29, 1.82) is 0 Å². The molecule has 6 nitrogen and oxygen atoms in total. The Kier molecular flexibility index (Phi) is 6.09. The number of hydrazine groups is 1. The molecule has 0 radical (unpaired) electrons. The van der Waals surface area contributed by atoms with Crippen LogP contribution in [0.25, 0.3) is 0 Å². The third kappa shape index (κ3) is 4.80. The Morgan fingerprint density at radius 3 is 2.35 bits per heavy atom. The van der Waals surface area contributed by atoms with E-state index in [2.05, 4.69) is 37.5 Å². The number of nitrogens with one attached hydrogen (secondary N) is 2. The molecule has 4 rings (SSSR count). The largest absolute Gasteiger partial charge is 0.328 e. The predicted molar refractivity (Wildman–Crippen MR) is 121 cm³/mol. The van der Waals surface area contributed by atoms with Crippen molar-refractivity contribution >= 4 is 17.5 Å². The third-order valence-electron chi connectivity index (χ3n) is 6.18. The fraction of sp³-hybridized carbons (Fsp3) is 0.360. The van der Waals surface area contributed by atoms with E-state index < -0.39 is 0 Å². The summed E-state index contributed by atoms with van der Waals surface area (Å²) in [6.07, 6.45) is 1.93. The molecular weight excluding hydrogens is 388 g/mol. The van der Waals surface area contributed by atoms with Crippen molar-refractivity contribution in [2.24, 2.45) is 0 Å². The highest BCUT2D eigenvalue weighted by molar-refractivity contribution is 6.01. The molecule has 2 N–H and O–H groups in total. The van der Waals surface area contributed by atoms with Crippen LogP contribution in [0.5, 0.6) is 0 Å². The summed E-state index contributed by atoms with van der Waals surface area (Å²) in [4.78, 5) is 28.9. The van der Waals surface area contributed by atoms with Crippen LogP contribution < -0.4 is 15.3 Å². The Bertz CT molecular complexity index is 1000. The molecule has 0 bridgehead atoms. The van der Waals surface area contributed by atoms with Crippen LogP contribution in [0.3, 0.4) is 0 Å². The summed E-state index contributed by atoms with van der Waals surface area (Å²) < 4.78 is 0. The van der Waals surface area contributed by atoms with E-state index >= 15 is 0 Å². The average molecular weight is 420 g/mol. The first-order chi connectivity index (χ1) is 14.9. The monoisotopic (exact) mass is 419 g/mol. The van der Waals surface area contributed by atoms with Gasteiger partial charge in [0.2, 0.25) is 5.91 Å². The zero-order chi connectivity index (χ0) is 22.0. The first-order valence-corrected chi connectivity index (χ1v) is 11.0. The Balaban J connectivity index is 1.36. The lowest BCUT2D eigenvalue weighted by molar-refractivity contribution is -0.917. The fourth-order valence-electron chi connectivity index (χ4n) is 4.23. The molecule has 0 unspecified atom stereocenters. The SMILES string of the molecule is Cc1ccc(N2NC(C(=O)N3CC[NH+](Cc4ccc(C)cc4C)CC3)=CCC2=O)cc1. The van der Waals surface area contributed by atoms with Gasteiger partial charge in [-0.2, -0.15) is 0 Å². The van der Waals surface area contributed by atoms with Crippen molar-refractivity contribution < 1.29 is 14.5 Å². The Morgan fingerprint density at radius 2 is 1.68 bits per heavy atom. The Hall–Kier alpha value is -3.12. The maximum absolute atomic E-state index is 13.1. The molecule has 0 atom stereocenters. The van der Waals surface area contributed by atoms with E-state index in [-0.39, 0.29) is 18.2 Å². The van der Waals surface area contributed by atoms with E-state index in [1.54, 1.807) is 6.08 Å². The third-order valence-corrected chi connectivity index (χ3v) is 6.18. The Labute approximate surface area is 184 Å². The number of nitrogens with zero attached hydrogens (tertiary/aromatic N) is 2. The van der Waals surface area contributed by atoms with Crippen molar-refractivity contribution in [3.8, 4) is 0 Å². The highest BCUT2D eigenvalue weighted by Gasteiger charge is 2.30. The summed E-state index contributed by atoms with van der Waals surface area (Å²) in [7, 11) is 0. The lowest BCUT2D eigenvalue weighted by Crippen LogP contribution is -3.13. The molecule has 2 aromatic rings. The molecule has 2 heterocycles. The van der Waals surface area contributed by atoms with E-state index in [1.165, 1.54) is 26.6 Å². The summed E-state index contributed by atoms with van der Waals surface area (Å²) in [6, 6.07) is 14.3. The van der Waals surface area contributed by atoms with Crippen LogP contribution in [0.1, 0.15) is 28.7 Å². The smallest absolute Gasteiger partial charge is 0.271 e. The van der Waals surface area contributed by atoms with Crippen LogP contribution in [0.15, 0.2) is 54.2 Å². The van der Waals surface area contributed by atoms with Gasteiger partial charge in [-0.05, 0) is 44.5 Å². The molecule has 2 aromatic carbocycles. The lowest BCUT2D eigenvalue weighted by Gasteiger charge is -2.35. The number of anilines is 1. The molecule has 0 aromatic heterocycles. The fourth-order valence-corrected chi connectivity index (χ4v) is 4.23. The van der Waals surface area contributed by atoms with Crippen LogP contribution in [-0.4, -0.2) is 42.9 Å². The van der Waals surface area contributed by atoms with E-state index in [4.69, 9.17) is 0 Å². The minimum Gasteiger partial charge on any atom is -0.328 e. The molecule has 0 saturated carbocycles. The van der Waals surface area contributed by atoms with Gasteiger partial charge in [0, 0.05) is 12.0 Å². The minimum atomic E-state index is -0.0665. The molecule has 2 aliphatic heterocycles. The standard InChI is InChI=1S/C25H30N4O2/c1-18-5-8-22(9-6-18)29-24(30)11-10-23(26-29)25(31)28-14-12-27(13-15-28)17-21-7-4-19(2)16-20(21)3/h4-10,16,26H,11-15,17H2,1-3H3/p+1. The summed E-state index contributed by atoms with van der Waals surface area (Å²) in [6.45, 7) is 10.6. The van der Waals surface area contributed by atoms with Gasteiger partial charge in [-0.1, -0.05) is 41.5 Å². The zero-order valence-corrected chi connectivity index (χ0v) is 18.6. The summed E-state index contributed by atoms with van der Waals surface area (Å²) in [5.41, 5.74) is 9.41. The van der Waals surface area contributed by atoms with Crippen molar-refractivity contribution in [3.05, 3.63) is 76.5 Å². The molecule has 0 spiro atoms. The van der Waals surface area contributed by atoms with Gasteiger partial charge < -0.3 is 9.80 Å². The Morgan fingerprint density at radius 1 is 1.00 bits per heavy atom. The van der Waals surface area contributed by atoms with Crippen LogP contribution in [0, 0.1) is 20.8 Å². The number of piperazine rings is 1. The number of quaternary nitrogens is 1. The first-order valence-electron chi connectivity index (χ1n) is 11.0. The number of benzene rings is 2. The molecule has 31 heavy (non-hydrogen) atoms. The van der Waals surface area contributed by atoms with E-state index in [0.717, 1.165) is 44.0 Å². The second-order valence-corrected chi connectivity index (χ2v) is 8.65. The molecule has 162 valence electrons. The maximum Gasteiger partial charge on any atom is 0.271 e. The van der Waals surface area contributed by atoms with E-state index in [0.29, 0.717) is 5.70 Å². The van der Waals surface area contributed by atoms with E-state index in [9.17, 15) is 9.59 Å². The predicted octanol–water partition coefficient (Wildman–Crippen LogP) is 1.66. The normalized spacial score (nSPS) is 17.4. The van der Waals surface area contributed by atoms with Gasteiger partial charge in [0.15, 0.2) is 0 Å². The topological polar surface area (TPSA) is 57.1 Å². The minimum absolute atomic E-state index is 0.0322. The quantitative estimate of drug-likeness (QED) is 0.793. The van der Waals surface area contributed by atoms with Gasteiger partial charge in [-0.15, -0.1) is 0 Å². The zero-order valence-electron chi connectivity index (χ0n) is 18.6. The van der Waals surface area contributed by atoms with E-state index in [1.807, 2.05) is 36.1 Å². The summed E-state index contributed by atoms with van der Waals surface area (Å²) in [5.74, 6) is -0.0988. The number of carbonyl (C=O) groups is 2. The first kappa shape index (κ1) is 21.1. The molecule has 0 aliphatic carbocycles. The van der Waals surface area contributed by atoms with Gasteiger partial charge in [-0.25, -0.2) is 5.01 Å². The van der Waals surface area contributed by atoms with Gasteiger partial charge in [0.05, 0.1) is 31.9 Å².